The zero-order valence-corrected chi connectivity index (χ0v) is 18.8. The molecule has 1 aliphatic heterocycles. The predicted octanol–water partition coefficient (Wildman–Crippen LogP) is 5.11. The number of hydrogen-bond acceptors (Lipinski definition) is 3. The molecule has 158 valence electrons. The molecule has 1 fully saturated rings. The molecule has 1 N–H and O–H groups in total. The highest BCUT2D eigenvalue weighted by Gasteiger charge is 2.50. The van der Waals surface area contributed by atoms with Gasteiger partial charge in [0.05, 0.1) is 17.0 Å². The summed E-state index contributed by atoms with van der Waals surface area (Å²) in [7, 11) is 0. The topological polar surface area (TPSA) is 55.4 Å². The number of rotatable bonds is 5. The van der Waals surface area contributed by atoms with Crippen molar-refractivity contribution in [1.82, 2.24) is 5.32 Å². The fourth-order valence-corrected chi connectivity index (χ4v) is 4.70. The van der Waals surface area contributed by atoms with Crippen molar-refractivity contribution >= 4 is 17.4 Å². The van der Waals surface area contributed by atoms with Crippen LogP contribution >= 0.6 is 0 Å². The second-order valence-electron chi connectivity index (χ2n) is 9.16. The summed E-state index contributed by atoms with van der Waals surface area (Å²) in [6, 6.07) is 4.31. The number of carbonyl (C=O) groups is 2. The summed E-state index contributed by atoms with van der Waals surface area (Å²) in [5, 5.41) is 3.26. The van der Waals surface area contributed by atoms with E-state index in [0.717, 1.165) is 55.2 Å². The van der Waals surface area contributed by atoms with Crippen molar-refractivity contribution in [3.8, 4) is 0 Å². The molecule has 1 saturated carbocycles. The smallest absolute Gasteiger partial charge is 0.313 e. The summed E-state index contributed by atoms with van der Waals surface area (Å²) in [6.07, 6.45) is 5.33. The Labute approximate surface area is 175 Å². The average molecular weight is 398 g/mol. The Morgan fingerprint density at radius 1 is 1.17 bits per heavy atom. The lowest BCUT2D eigenvalue weighted by Gasteiger charge is -2.37. The summed E-state index contributed by atoms with van der Waals surface area (Å²) in [6.45, 7) is 12.2. The van der Waals surface area contributed by atoms with Gasteiger partial charge in [0.1, 0.15) is 5.76 Å². The minimum atomic E-state index is -0.551. The predicted molar refractivity (Wildman–Crippen MR) is 116 cm³/mol. The van der Waals surface area contributed by atoms with Crippen molar-refractivity contribution in [2.45, 2.75) is 85.6 Å². The van der Waals surface area contributed by atoms with E-state index in [9.17, 15) is 9.59 Å². The maximum atomic E-state index is 13.4. The minimum Gasteiger partial charge on any atom is -0.427 e. The van der Waals surface area contributed by atoms with Crippen molar-refractivity contribution in [3.05, 3.63) is 40.1 Å². The summed E-state index contributed by atoms with van der Waals surface area (Å²) in [5.41, 5.74) is 4.49. The van der Waals surface area contributed by atoms with Gasteiger partial charge in [-0.15, -0.1) is 0 Å². The molecule has 0 saturated heterocycles. The minimum absolute atomic E-state index is 0.0978. The van der Waals surface area contributed by atoms with Crippen LogP contribution in [0.5, 0.6) is 0 Å². The first-order valence-electron chi connectivity index (χ1n) is 11.1. The van der Waals surface area contributed by atoms with Gasteiger partial charge in [0, 0.05) is 0 Å². The van der Waals surface area contributed by atoms with Crippen molar-refractivity contribution in [3.63, 3.8) is 0 Å². The number of carbonyl (C=O) groups excluding carboxylic acids is 2. The van der Waals surface area contributed by atoms with Crippen LogP contribution in [0, 0.1) is 18.8 Å². The van der Waals surface area contributed by atoms with Gasteiger partial charge in [0.2, 0.25) is 0 Å². The Kier molecular flexibility index (Phi) is 6.21. The highest BCUT2D eigenvalue weighted by Crippen LogP contribution is 2.46. The molecule has 1 heterocycles. The van der Waals surface area contributed by atoms with Gasteiger partial charge in [-0.05, 0) is 68.1 Å². The van der Waals surface area contributed by atoms with E-state index in [2.05, 4.69) is 45.1 Å². The van der Waals surface area contributed by atoms with Crippen LogP contribution in [0.3, 0.4) is 0 Å². The SMILES string of the molecule is CCc1cc(C)cc(CC)c1C1=C(OC(=O)C(C)C)C2(CCC(C)CC2)NC1=O. The number of amides is 1. The van der Waals surface area contributed by atoms with Gasteiger partial charge in [-0.3, -0.25) is 9.59 Å². The second-order valence-corrected chi connectivity index (χ2v) is 9.16. The number of nitrogens with one attached hydrogen (secondary N) is 1. The highest BCUT2D eigenvalue weighted by atomic mass is 16.5. The molecule has 4 heteroatoms. The van der Waals surface area contributed by atoms with E-state index >= 15 is 0 Å². The van der Waals surface area contributed by atoms with E-state index in [1.165, 1.54) is 5.56 Å². The Bertz CT molecular complexity index is 817. The zero-order chi connectivity index (χ0) is 21.3. The first-order valence-corrected chi connectivity index (χ1v) is 11.1. The standard InChI is InChI=1S/C25H35NO3/c1-7-18-13-17(6)14-19(8-2)20(18)21-22(29-24(28)15(3)4)25(26-23(21)27)11-9-16(5)10-12-25/h13-16H,7-12H2,1-6H3,(H,26,27). The molecule has 2 aliphatic rings. The van der Waals surface area contributed by atoms with Crippen molar-refractivity contribution in [2.24, 2.45) is 11.8 Å². The molecular weight excluding hydrogens is 362 g/mol. The van der Waals surface area contributed by atoms with E-state index in [1.807, 2.05) is 13.8 Å². The Morgan fingerprint density at radius 3 is 2.21 bits per heavy atom. The lowest BCUT2D eigenvalue weighted by Crippen LogP contribution is -2.48. The van der Waals surface area contributed by atoms with E-state index < -0.39 is 5.54 Å². The van der Waals surface area contributed by atoms with Gasteiger partial charge in [-0.2, -0.15) is 0 Å². The Morgan fingerprint density at radius 2 is 1.72 bits per heavy atom. The average Bonchev–Trinajstić information content (AvgIpc) is 2.94. The number of aryl methyl sites for hydroxylation is 3. The molecule has 1 aliphatic carbocycles. The lowest BCUT2D eigenvalue weighted by molar-refractivity contribution is -0.144. The molecule has 3 rings (SSSR count). The fraction of sp³-hybridized carbons (Fsp3) is 0.600. The molecule has 0 bridgehead atoms. The fourth-order valence-electron chi connectivity index (χ4n) is 4.70. The first-order chi connectivity index (χ1) is 13.7. The molecule has 0 radical (unpaired) electrons. The monoisotopic (exact) mass is 397 g/mol. The van der Waals surface area contributed by atoms with E-state index in [-0.39, 0.29) is 17.8 Å². The molecule has 1 aromatic rings. The summed E-state index contributed by atoms with van der Waals surface area (Å²) < 4.78 is 6.03. The van der Waals surface area contributed by atoms with Gasteiger partial charge in [-0.25, -0.2) is 0 Å². The Hall–Kier alpha value is -2.10. The highest BCUT2D eigenvalue weighted by molar-refractivity contribution is 6.24. The second kappa shape index (κ2) is 8.33. The van der Waals surface area contributed by atoms with Crippen LogP contribution in [-0.4, -0.2) is 17.4 Å². The van der Waals surface area contributed by atoms with Gasteiger partial charge >= 0.3 is 5.97 Å². The van der Waals surface area contributed by atoms with Crippen molar-refractivity contribution in [1.29, 1.82) is 0 Å². The molecule has 0 unspecified atom stereocenters. The maximum absolute atomic E-state index is 13.4. The molecule has 29 heavy (non-hydrogen) atoms. The first kappa shape index (κ1) is 21.6. The summed E-state index contributed by atoms with van der Waals surface area (Å²) in [4.78, 5) is 26.0. The van der Waals surface area contributed by atoms with Crippen LogP contribution in [0.2, 0.25) is 0 Å². The number of hydrogen-bond donors (Lipinski definition) is 1. The third-order valence-corrected chi connectivity index (χ3v) is 6.50. The van der Waals surface area contributed by atoms with E-state index in [1.54, 1.807) is 0 Å². The van der Waals surface area contributed by atoms with Crippen molar-refractivity contribution < 1.29 is 14.3 Å². The van der Waals surface area contributed by atoms with Gasteiger partial charge in [-0.1, -0.05) is 52.3 Å². The quantitative estimate of drug-likeness (QED) is 0.703. The molecule has 0 aromatic heterocycles. The third-order valence-electron chi connectivity index (χ3n) is 6.50. The largest absolute Gasteiger partial charge is 0.427 e. The van der Waals surface area contributed by atoms with Crippen LogP contribution in [0.4, 0.5) is 0 Å². The summed E-state index contributed by atoms with van der Waals surface area (Å²) in [5.74, 6) is 0.588. The molecule has 0 atom stereocenters. The van der Waals surface area contributed by atoms with Crippen LogP contribution in [0.15, 0.2) is 17.9 Å². The van der Waals surface area contributed by atoms with E-state index in [4.69, 9.17) is 4.74 Å². The van der Waals surface area contributed by atoms with Crippen molar-refractivity contribution in [2.75, 3.05) is 0 Å². The number of benzene rings is 1. The van der Waals surface area contributed by atoms with Crippen LogP contribution in [0.25, 0.3) is 5.57 Å². The van der Waals surface area contributed by atoms with Gasteiger partial charge in [0.25, 0.3) is 5.91 Å². The zero-order valence-electron chi connectivity index (χ0n) is 18.8. The molecule has 1 aromatic carbocycles. The van der Waals surface area contributed by atoms with E-state index in [0.29, 0.717) is 17.3 Å². The third kappa shape index (κ3) is 3.99. The molecular formula is C25H35NO3. The number of ether oxygens (including phenoxy) is 1. The van der Waals surface area contributed by atoms with Crippen LogP contribution in [-0.2, 0) is 27.2 Å². The van der Waals surface area contributed by atoms with Crippen LogP contribution in [0.1, 0.15) is 82.6 Å². The van der Waals surface area contributed by atoms with Crippen LogP contribution < -0.4 is 5.32 Å². The number of esters is 1. The maximum Gasteiger partial charge on any atom is 0.313 e. The molecule has 4 nitrogen and oxygen atoms in total. The molecule has 1 spiro atoms. The summed E-state index contributed by atoms with van der Waals surface area (Å²) >= 11 is 0. The molecule has 1 amide bonds. The lowest BCUT2D eigenvalue weighted by atomic mass is 9.76. The van der Waals surface area contributed by atoms with Gasteiger partial charge in [0.15, 0.2) is 0 Å². The Balaban J connectivity index is 2.24. The normalized spacial score (nSPS) is 24.4. The van der Waals surface area contributed by atoms with Gasteiger partial charge < -0.3 is 10.1 Å².